The molecular formula is C56H94FN9O12. The van der Waals surface area contributed by atoms with Crippen LogP contribution in [0.5, 0.6) is 0 Å². The number of aromatic nitrogens is 6. The number of rotatable bonds is 18. The van der Waals surface area contributed by atoms with Gasteiger partial charge in [-0.05, 0) is 119 Å². The van der Waals surface area contributed by atoms with E-state index in [1.165, 1.54) is 18.7 Å². The predicted molar refractivity (Wildman–Crippen MR) is 289 cm³/mol. The Labute approximate surface area is 461 Å². The Morgan fingerprint density at radius 1 is 0.936 bits per heavy atom. The van der Waals surface area contributed by atoms with Gasteiger partial charge in [-0.3, -0.25) is 4.79 Å². The van der Waals surface area contributed by atoms with Crippen LogP contribution in [0.4, 0.5) is 4.39 Å². The van der Waals surface area contributed by atoms with Crippen LogP contribution in [0.3, 0.4) is 0 Å². The maximum atomic E-state index is 15.0. The molecule has 3 aliphatic heterocycles. The molecular weight excluding hydrogens is 1010 g/mol. The maximum absolute atomic E-state index is 15.0. The van der Waals surface area contributed by atoms with Gasteiger partial charge in [0.2, 0.25) is 0 Å². The van der Waals surface area contributed by atoms with Crippen molar-refractivity contribution in [2.45, 2.75) is 217 Å². The minimum atomic E-state index is -1.83. The van der Waals surface area contributed by atoms with Gasteiger partial charge in [-0.1, -0.05) is 43.3 Å². The topological polar surface area (TPSA) is 243 Å². The first-order chi connectivity index (χ1) is 36.7. The van der Waals surface area contributed by atoms with Crippen molar-refractivity contribution < 1.29 is 62.8 Å². The molecule has 3 aliphatic rings. The SMILES string of the molecule is CC[C@H]1OC(=O)[C@H](C)[C@@H](O[C@H]2C[C@@](C)(OC)[C@@H](O)[C@H](C)O2)[C@H](C)[C@@H](O[C@H]2C[C@@H](N(C)CCc3cn([C@H](CF)[C@H](OC)c4ccc(-n5cc(C(C)NC)nn5)cc4)nn3)C[C@@H](C)O2)[C@](C)(O)C[C@@H](C)CN(C)[C@H](C)[C@@H](O)[C@]1(C)O. The van der Waals surface area contributed by atoms with Gasteiger partial charge in [0.15, 0.2) is 12.6 Å². The molecule has 2 aromatic heterocycles. The Balaban J connectivity index is 1.22. The molecule has 1 unspecified atom stereocenters. The largest absolute Gasteiger partial charge is 0.459 e. The van der Waals surface area contributed by atoms with Crippen LogP contribution in [0.1, 0.15) is 143 Å². The van der Waals surface area contributed by atoms with Crippen molar-refractivity contribution >= 4 is 5.97 Å². The van der Waals surface area contributed by atoms with Gasteiger partial charge < -0.3 is 68.7 Å². The van der Waals surface area contributed by atoms with Crippen LogP contribution in [0.25, 0.3) is 5.69 Å². The fourth-order valence-electron chi connectivity index (χ4n) is 12.1. The quantitative estimate of drug-likeness (QED) is 0.107. The van der Waals surface area contributed by atoms with Gasteiger partial charge in [0.25, 0.3) is 0 Å². The van der Waals surface area contributed by atoms with Crippen LogP contribution >= 0.6 is 0 Å². The van der Waals surface area contributed by atoms with E-state index in [0.29, 0.717) is 38.0 Å². The van der Waals surface area contributed by atoms with E-state index in [1.54, 1.807) is 52.6 Å². The molecule has 3 aromatic rings. The molecule has 20 atom stereocenters. The Hall–Kier alpha value is -3.62. The summed E-state index contributed by atoms with van der Waals surface area (Å²) in [5.41, 5.74) is -1.35. The Morgan fingerprint density at radius 2 is 1.63 bits per heavy atom. The first-order valence-electron chi connectivity index (χ1n) is 28.0. The van der Waals surface area contributed by atoms with Gasteiger partial charge >= 0.3 is 5.97 Å². The molecule has 1 aromatic carbocycles. The molecule has 442 valence electrons. The summed E-state index contributed by atoms with van der Waals surface area (Å²) in [5, 5.41) is 68.2. The molecule has 6 rings (SSSR count). The third-order valence-corrected chi connectivity index (χ3v) is 17.3. The fourth-order valence-corrected chi connectivity index (χ4v) is 12.1. The monoisotopic (exact) mass is 1100 g/mol. The van der Waals surface area contributed by atoms with E-state index >= 15 is 0 Å². The molecule has 5 N–H and O–H groups in total. The molecule has 22 heteroatoms. The van der Waals surface area contributed by atoms with E-state index in [0.717, 1.165) is 16.9 Å². The predicted octanol–water partition coefficient (Wildman–Crippen LogP) is 4.89. The van der Waals surface area contributed by atoms with E-state index in [2.05, 4.69) is 30.8 Å². The van der Waals surface area contributed by atoms with Crippen LogP contribution in [-0.2, 0) is 44.4 Å². The lowest BCUT2D eigenvalue weighted by molar-refractivity contribution is -0.308. The van der Waals surface area contributed by atoms with E-state index in [4.69, 9.17) is 33.2 Å². The average Bonchev–Trinajstić information content (AvgIpc) is 4.11. The number of halogens is 1. The zero-order valence-corrected chi connectivity index (χ0v) is 49.2. The normalized spacial score (nSPS) is 37.3. The summed E-state index contributed by atoms with van der Waals surface area (Å²) in [5.74, 6) is -2.58. The van der Waals surface area contributed by atoms with Crippen molar-refractivity contribution in [3.8, 4) is 5.69 Å². The second-order valence-corrected chi connectivity index (χ2v) is 23.6. The molecule has 0 aliphatic carbocycles. The van der Waals surface area contributed by atoms with Crippen molar-refractivity contribution in [2.75, 3.05) is 55.1 Å². The smallest absolute Gasteiger partial charge is 0.311 e. The highest BCUT2D eigenvalue weighted by atomic mass is 19.1. The number of methoxy groups -OCH3 is 2. The Bertz CT molecular complexity index is 2330. The number of carbonyl (C=O) groups is 1. The van der Waals surface area contributed by atoms with Gasteiger partial charge in [0.1, 0.15) is 42.7 Å². The summed E-state index contributed by atoms with van der Waals surface area (Å²) >= 11 is 0. The van der Waals surface area contributed by atoms with Crippen LogP contribution < -0.4 is 5.32 Å². The molecule has 0 bridgehead atoms. The maximum Gasteiger partial charge on any atom is 0.311 e. The fraction of sp³-hybridized carbons (Fsp3) is 0.804. The first kappa shape index (κ1) is 63.6. The lowest BCUT2D eigenvalue weighted by atomic mass is 9.77. The molecule has 0 spiro atoms. The molecule has 3 fully saturated rings. The highest BCUT2D eigenvalue weighted by Gasteiger charge is 2.52. The summed E-state index contributed by atoms with van der Waals surface area (Å²) in [4.78, 5) is 18.7. The number of hydrogen-bond donors (Lipinski definition) is 5. The molecule has 78 heavy (non-hydrogen) atoms. The van der Waals surface area contributed by atoms with Gasteiger partial charge in [0, 0.05) is 76.8 Å². The summed E-state index contributed by atoms with van der Waals surface area (Å²) < 4.78 is 62.9. The summed E-state index contributed by atoms with van der Waals surface area (Å²) in [6, 6.07) is 6.25. The summed E-state index contributed by atoms with van der Waals surface area (Å²) in [7, 11) is 8.83. The molecule has 0 radical (unpaired) electrons. The minimum absolute atomic E-state index is 0.0259. The number of alkyl halides is 1. The molecule has 0 amide bonds. The van der Waals surface area contributed by atoms with Crippen LogP contribution in [0.2, 0.25) is 0 Å². The molecule has 3 saturated heterocycles. The van der Waals surface area contributed by atoms with Crippen LogP contribution in [-0.4, -0.2) is 206 Å². The van der Waals surface area contributed by atoms with Crippen LogP contribution in [0.15, 0.2) is 36.7 Å². The first-order valence-corrected chi connectivity index (χ1v) is 28.0. The zero-order valence-electron chi connectivity index (χ0n) is 49.2. The number of carbonyl (C=O) groups excluding carboxylic acids is 1. The van der Waals surface area contributed by atoms with Gasteiger partial charge in [0.05, 0.1) is 64.8 Å². The lowest BCUT2D eigenvalue weighted by Gasteiger charge is -2.48. The number of aliphatic hydroxyl groups is 4. The van der Waals surface area contributed by atoms with Crippen LogP contribution in [0, 0.1) is 17.8 Å². The van der Waals surface area contributed by atoms with Crippen molar-refractivity contribution in [1.29, 1.82) is 0 Å². The van der Waals surface area contributed by atoms with Crippen molar-refractivity contribution in [1.82, 2.24) is 45.1 Å². The third-order valence-electron chi connectivity index (χ3n) is 17.3. The number of cyclic esters (lactones) is 1. The van der Waals surface area contributed by atoms with Gasteiger partial charge in [-0.25, -0.2) is 13.8 Å². The van der Waals surface area contributed by atoms with E-state index in [-0.39, 0.29) is 43.4 Å². The van der Waals surface area contributed by atoms with E-state index in [9.17, 15) is 29.6 Å². The van der Waals surface area contributed by atoms with Crippen molar-refractivity contribution in [3.05, 3.63) is 53.6 Å². The molecule has 21 nitrogen and oxygen atoms in total. The third kappa shape index (κ3) is 14.7. The number of esters is 1. The van der Waals surface area contributed by atoms with E-state index < -0.39 is 109 Å². The van der Waals surface area contributed by atoms with E-state index in [1.807, 2.05) is 91.1 Å². The molecule has 5 heterocycles. The number of ether oxygens (including phenoxy) is 7. The standard InChI is InChI=1S/C56H94FN9O12/c1-17-45-56(11,71)50(67)37(7)64(14)29-32(2)26-54(9,70)52(34(4)48(35(5)53(69)76-45)77-47-27-55(10,73-16)51(68)38(8)75-47)78-46-25-42(24-33(3)74-46)63(13)23-22-40-30-66(61-59-40)44(28-57)49(72-15)39-18-20-41(21-19-39)65-31-43(60-62-65)36(6)58-12/h18-21,30-38,42,44-52,58,67-68,70-71H,17,22-29H2,1-16H3/t32-,33-,34+,35-,36?,37-,38+,42+,44-,45-,46+,47+,48+,49-,50-,51+,52-,54-,55-,56-/m1/s1. The second kappa shape index (κ2) is 27.0. The number of nitrogens with zero attached hydrogens (tertiary/aromatic N) is 8. The number of aliphatic hydroxyl groups excluding tert-OH is 2. The summed E-state index contributed by atoms with van der Waals surface area (Å²) in [6.07, 6.45) is -2.83. The molecule has 0 saturated carbocycles. The number of hydrogen-bond acceptors (Lipinski definition) is 19. The highest BCUT2D eigenvalue weighted by Crippen LogP contribution is 2.41. The second-order valence-electron chi connectivity index (χ2n) is 23.6. The van der Waals surface area contributed by atoms with Crippen molar-refractivity contribution in [2.24, 2.45) is 17.8 Å². The number of nitrogens with one attached hydrogen (secondary N) is 1. The lowest BCUT2D eigenvalue weighted by Crippen LogP contribution is -2.59. The van der Waals surface area contributed by atoms with Gasteiger partial charge in [-0.15, -0.1) is 10.2 Å². The average molecular weight is 1100 g/mol. The minimum Gasteiger partial charge on any atom is -0.459 e. The Kier molecular flexibility index (Phi) is 22.0. The highest BCUT2D eigenvalue weighted by molar-refractivity contribution is 5.73. The van der Waals surface area contributed by atoms with Gasteiger partial charge in [-0.2, -0.15) is 0 Å². The number of benzene rings is 1. The zero-order chi connectivity index (χ0) is 57.6. The summed E-state index contributed by atoms with van der Waals surface area (Å²) in [6.45, 7) is 20.2. The Morgan fingerprint density at radius 3 is 2.26 bits per heavy atom. The van der Waals surface area contributed by atoms with Crippen molar-refractivity contribution in [3.63, 3.8) is 0 Å². The number of likely N-dealkylation sites (N-methyl/N-ethyl adjacent to an activating group) is 2.